The maximum absolute atomic E-state index is 12.5. The monoisotopic (exact) mass is 269 g/mol. The second-order valence-electron chi connectivity index (χ2n) is 5.65. The van der Waals surface area contributed by atoms with Crippen LogP contribution < -0.4 is 11.1 Å². The summed E-state index contributed by atoms with van der Waals surface area (Å²) < 4.78 is 5.47. The minimum atomic E-state index is -0.809. The third-order valence-electron chi connectivity index (χ3n) is 4.31. The van der Waals surface area contributed by atoms with Crippen LogP contribution in [0.1, 0.15) is 45.4 Å². The molecule has 0 spiro atoms. The number of oxime groups is 1. The number of hydrogen-bond donors (Lipinski definition) is 3. The van der Waals surface area contributed by atoms with Crippen molar-refractivity contribution < 1.29 is 14.7 Å². The number of amides is 1. The van der Waals surface area contributed by atoms with Crippen LogP contribution in [-0.2, 0) is 9.53 Å². The normalized spacial score (nSPS) is 31.1. The first-order valence-corrected chi connectivity index (χ1v) is 6.99. The molecule has 6 heteroatoms. The lowest BCUT2D eigenvalue weighted by molar-refractivity contribution is -0.129. The van der Waals surface area contributed by atoms with Gasteiger partial charge in [0.1, 0.15) is 5.41 Å². The number of ether oxygens (including phenoxy) is 1. The van der Waals surface area contributed by atoms with Gasteiger partial charge in [0, 0.05) is 12.6 Å². The van der Waals surface area contributed by atoms with Crippen LogP contribution in [0.4, 0.5) is 0 Å². The molecule has 1 saturated carbocycles. The first-order chi connectivity index (χ1) is 9.08. The quantitative estimate of drug-likeness (QED) is 0.308. The van der Waals surface area contributed by atoms with E-state index in [2.05, 4.69) is 10.5 Å². The average molecular weight is 269 g/mol. The highest BCUT2D eigenvalue weighted by molar-refractivity contribution is 6.07. The first-order valence-electron chi connectivity index (χ1n) is 6.99. The lowest BCUT2D eigenvalue weighted by atomic mass is 9.83. The van der Waals surface area contributed by atoms with Gasteiger partial charge in [0.25, 0.3) is 0 Å². The second-order valence-corrected chi connectivity index (χ2v) is 5.65. The van der Waals surface area contributed by atoms with E-state index >= 15 is 0 Å². The Kier molecular flexibility index (Phi) is 4.29. The van der Waals surface area contributed by atoms with Gasteiger partial charge in [-0.1, -0.05) is 18.0 Å². The Morgan fingerprint density at radius 1 is 1.47 bits per heavy atom. The minimum Gasteiger partial charge on any atom is -0.409 e. The SMILES string of the molecule is CC1CC(NC(=O)C2(C(N)=NO)CCCC2)CCO1. The van der Waals surface area contributed by atoms with Crippen LogP contribution in [0.15, 0.2) is 5.16 Å². The Hall–Kier alpha value is -1.30. The fraction of sp³-hybridized carbons (Fsp3) is 0.846. The van der Waals surface area contributed by atoms with Crippen molar-refractivity contribution >= 4 is 11.7 Å². The van der Waals surface area contributed by atoms with E-state index in [0.29, 0.717) is 19.4 Å². The van der Waals surface area contributed by atoms with Crippen LogP contribution in [-0.4, -0.2) is 35.7 Å². The summed E-state index contributed by atoms with van der Waals surface area (Å²) in [5.41, 5.74) is 4.95. The molecule has 0 aromatic carbocycles. The zero-order valence-electron chi connectivity index (χ0n) is 11.4. The van der Waals surface area contributed by atoms with Crippen LogP contribution in [0, 0.1) is 5.41 Å². The molecule has 108 valence electrons. The average Bonchev–Trinajstić information content (AvgIpc) is 2.88. The lowest BCUT2D eigenvalue weighted by Crippen LogP contribution is -2.52. The molecule has 19 heavy (non-hydrogen) atoms. The number of hydrogen-bond acceptors (Lipinski definition) is 4. The van der Waals surface area contributed by atoms with Crippen LogP contribution in [0.25, 0.3) is 0 Å². The summed E-state index contributed by atoms with van der Waals surface area (Å²) >= 11 is 0. The third kappa shape index (κ3) is 2.83. The van der Waals surface area contributed by atoms with Gasteiger partial charge >= 0.3 is 0 Å². The van der Waals surface area contributed by atoms with E-state index in [-0.39, 0.29) is 23.9 Å². The predicted molar refractivity (Wildman–Crippen MR) is 70.9 cm³/mol. The third-order valence-corrected chi connectivity index (χ3v) is 4.31. The molecule has 0 aromatic heterocycles. The molecule has 1 amide bonds. The molecule has 2 atom stereocenters. The van der Waals surface area contributed by atoms with Gasteiger partial charge in [0.05, 0.1) is 6.10 Å². The van der Waals surface area contributed by atoms with Crippen LogP contribution in [0.2, 0.25) is 0 Å². The molecule has 0 radical (unpaired) electrons. The summed E-state index contributed by atoms with van der Waals surface area (Å²) in [6.45, 7) is 2.68. The van der Waals surface area contributed by atoms with Gasteiger partial charge in [0.2, 0.25) is 5.91 Å². The standard InChI is InChI=1S/C13H23N3O3/c1-9-8-10(4-7-19-9)15-12(17)13(11(14)16-18)5-2-3-6-13/h9-10,18H,2-8H2,1H3,(H2,14,16)(H,15,17). The van der Waals surface area contributed by atoms with Crippen LogP contribution in [0.5, 0.6) is 0 Å². The number of carbonyl (C=O) groups is 1. The predicted octanol–water partition coefficient (Wildman–Crippen LogP) is 0.977. The highest BCUT2D eigenvalue weighted by Gasteiger charge is 2.46. The zero-order chi connectivity index (χ0) is 13.9. The van der Waals surface area contributed by atoms with Gasteiger partial charge in [-0.25, -0.2) is 0 Å². The minimum absolute atomic E-state index is 0.0441. The molecule has 0 aromatic rings. The van der Waals surface area contributed by atoms with Gasteiger partial charge in [-0.15, -0.1) is 0 Å². The van der Waals surface area contributed by atoms with E-state index in [1.165, 1.54) is 0 Å². The van der Waals surface area contributed by atoms with E-state index < -0.39 is 5.41 Å². The molecule has 2 unspecified atom stereocenters. The van der Waals surface area contributed by atoms with Crippen molar-refractivity contribution in [2.75, 3.05) is 6.61 Å². The van der Waals surface area contributed by atoms with E-state index in [0.717, 1.165) is 25.7 Å². The Bertz CT molecular complexity index is 364. The molecule has 1 aliphatic carbocycles. The molecule has 1 aliphatic heterocycles. The largest absolute Gasteiger partial charge is 0.409 e. The molecule has 2 rings (SSSR count). The number of carbonyl (C=O) groups excluding carboxylic acids is 1. The summed E-state index contributed by atoms with van der Waals surface area (Å²) in [4.78, 5) is 12.5. The summed E-state index contributed by atoms with van der Waals surface area (Å²) in [6, 6.07) is 0.125. The van der Waals surface area contributed by atoms with Crippen molar-refractivity contribution in [1.29, 1.82) is 0 Å². The summed E-state index contributed by atoms with van der Waals surface area (Å²) in [7, 11) is 0. The van der Waals surface area contributed by atoms with Crippen molar-refractivity contribution in [2.24, 2.45) is 16.3 Å². The van der Waals surface area contributed by atoms with Crippen molar-refractivity contribution in [3.8, 4) is 0 Å². The highest BCUT2D eigenvalue weighted by atomic mass is 16.5. The van der Waals surface area contributed by atoms with E-state index in [1.54, 1.807) is 0 Å². The van der Waals surface area contributed by atoms with E-state index in [1.807, 2.05) is 6.92 Å². The van der Waals surface area contributed by atoms with E-state index in [9.17, 15) is 4.79 Å². The summed E-state index contributed by atoms with van der Waals surface area (Å²) in [6.07, 6.45) is 5.01. The molecule has 4 N–H and O–H groups in total. The number of amidine groups is 1. The van der Waals surface area contributed by atoms with Crippen molar-refractivity contribution in [2.45, 2.75) is 57.6 Å². The Balaban J connectivity index is 2.04. The molecule has 6 nitrogen and oxygen atoms in total. The number of rotatable bonds is 3. The maximum atomic E-state index is 12.5. The van der Waals surface area contributed by atoms with Gasteiger partial charge in [-0.05, 0) is 32.6 Å². The molecular weight excluding hydrogens is 246 g/mol. The molecule has 2 fully saturated rings. The Labute approximate surface area is 113 Å². The fourth-order valence-electron chi connectivity index (χ4n) is 3.13. The maximum Gasteiger partial charge on any atom is 0.234 e. The summed E-state index contributed by atoms with van der Waals surface area (Å²) in [5, 5.41) is 15.1. The Morgan fingerprint density at radius 3 is 2.74 bits per heavy atom. The fourth-order valence-corrected chi connectivity index (χ4v) is 3.13. The topological polar surface area (TPSA) is 96.9 Å². The highest BCUT2D eigenvalue weighted by Crippen LogP contribution is 2.38. The molecule has 1 heterocycles. The molecular formula is C13H23N3O3. The first kappa shape index (κ1) is 14.1. The number of nitrogens with zero attached hydrogens (tertiary/aromatic N) is 1. The van der Waals surface area contributed by atoms with Gasteiger partial charge < -0.3 is 21.0 Å². The van der Waals surface area contributed by atoms with Crippen LogP contribution >= 0.6 is 0 Å². The van der Waals surface area contributed by atoms with Crippen molar-refractivity contribution in [3.63, 3.8) is 0 Å². The summed E-state index contributed by atoms with van der Waals surface area (Å²) in [5.74, 6) is -0.0537. The van der Waals surface area contributed by atoms with Gasteiger partial charge in [-0.2, -0.15) is 0 Å². The lowest BCUT2D eigenvalue weighted by Gasteiger charge is -2.32. The van der Waals surface area contributed by atoms with Crippen molar-refractivity contribution in [3.05, 3.63) is 0 Å². The second kappa shape index (κ2) is 5.77. The van der Waals surface area contributed by atoms with Gasteiger partial charge in [-0.3, -0.25) is 4.79 Å². The number of nitrogens with one attached hydrogen (secondary N) is 1. The molecule has 0 bridgehead atoms. The van der Waals surface area contributed by atoms with Gasteiger partial charge in [0.15, 0.2) is 5.84 Å². The van der Waals surface area contributed by atoms with Crippen LogP contribution in [0.3, 0.4) is 0 Å². The zero-order valence-corrected chi connectivity index (χ0v) is 11.4. The Morgan fingerprint density at radius 2 is 2.16 bits per heavy atom. The van der Waals surface area contributed by atoms with Crippen molar-refractivity contribution in [1.82, 2.24) is 5.32 Å². The number of nitrogens with two attached hydrogens (primary N) is 1. The molecule has 1 saturated heterocycles. The van der Waals surface area contributed by atoms with E-state index in [4.69, 9.17) is 15.7 Å². The smallest absolute Gasteiger partial charge is 0.234 e. The molecule has 2 aliphatic rings.